The summed E-state index contributed by atoms with van der Waals surface area (Å²) in [5, 5.41) is 10.7. The van der Waals surface area contributed by atoms with Crippen LogP contribution in [0.25, 0.3) is 0 Å². The molecule has 0 saturated carbocycles. The van der Waals surface area contributed by atoms with E-state index >= 15 is 0 Å². The standard InChI is InChI=1S/C18H36O2/c1-4-5-6-7-8-9-10-11-12-18(19)13-14-20-17(15-18)16(2)3/h16-17,19H,4-15H2,1-3H3. The summed E-state index contributed by atoms with van der Waals surface area (Å²) >= 11 is 0. The van der Waals surface area contributed by atoms with Crippen LogP contribution in [0.4, 0.5) is 0 Å². The molecule has 2 nitrogen and oxygen atoms in total. The average molecular weight is 284 g/mol. The van der Waals surface area contributed by atoms with Crippen LogP contribution in [0.3, 0.4) is 0 Å². The summed E-state index contributed by atoms with van der Waals surface area (Å²) < 4.78 is 5.76. The van der Waals surface area contributed by atoms with Gasteiger partial charge in [-0.15, -0.1) is 0 Å². The Kier molecular flexibility index (Phi) is 8.79. The molecule has 1 rings (SSSR count). The zero-order valence-corrected chi connectivity index (χ0v) is 14.0. The average Bonchev–Trinajstić information content (AvgIpc) is 2.42. The van der Waals surface area contributed by atoms with E-state index in [1.807, 2.05) is 0 Å². The Labute approximate surface area is 126 Å². The normalized spacial score (nSPS) is 27.1. The van der Waals surface area contributed by atoms with Gasteiger partial charge in [-0.25, -0.2) is 0 Å². The van der Waals surface area contributed by atoms with Crippen molar-refractivity contribution in [3.63, 3.8) is 0 Å². The Hall–Kier alpha value is -0.0800. The number of rotatable bonds is 10. The number of aliphatic hydroxyl groups is 1. The minimum atomic E-state index is -0.449. The Morgan fingerprint density at radius 1 is 1.05 bits per heavy atom. The lowest BCUT2D eigenvalue weighted by Gasteiger charge is -2.38. The van der Waals surface area contributed by atoms with Gasteiger partial charge >= 0.3 is 0 Å². The molecule has 1 heterocycles. The van der Waals surface area contributed by atoms with Gasteiger partial charge in [0.25, 0.3) is 0 Å². The van der Waals surface area contributed by atoms with Gasteiger partial charge in [-0.05, 0) is 18.8 Å². The molecule has 1 aliphatic heterocycles. The van der Waals surface area contributed by atoms with Crippen molar-refractivity contribution in [2.24, 2.45) is 5.92 Å². The van der Waals surface area contributed by atoms with Crippen LogP contribution in [0.1, 0.15) is 91.4 Å². The molecule has 2 atom stereocenters. The number of hydrogen-bond acceptors (Lipinski definition) is 2. The lowest BCUT2D eigenvalue weighted by atomic mass is 9.82. The Bertz CT molecular complexity index is 240. The fourth-order valence-electron chi connectivity index (χ4n) is 3.18. The molecular weight excluding hydrogens is 248 g/mol. The van der Waals surface area contributed by atoms with Crippen molar-refractivity contribution in [3.05, 3.63) is 0 Å². The van der Waals surface area contributed by atoms with Crippen LogP contribution in [0.5, 0.6) is 0 Å². The lowest BCUT2D eigenvalue weighted by Crippen LogP contribution is -2.42. The van der Waals surface area contributed by atoms with Crippen LogP contribution in [0.15, 0.2) is 0 Å². The predicted molar refractivity (Wildman–Crippen MR) is 86.0 cm³/mol. The molecule has 1 fully saturated rings. The first-order valence-electron chi connectivity index (χ1n) is 8.91. The highest BCUT2D eigenvalue weighted by Gasteiger charge is 2.35. The summed E-state index contributed by atoms with van der Waals surface area (Å²) in [7, 11) is 0. The monoisotopic (exact) mass is 284 g/mol. The zero-order valence-electron chi connectivity index (χ0n) is 14.0. The van der Waals surface area contributed by atoms with E-state index < -0.39 is 5.60 Å². The van der Waals surface area contributed by atoms with Crippen molar-refractivity contribution in [1.82, 2.24) is 0 Å². The van der Waals surface area contributed by atoms with Gasteiger partial charge in [0.15, 0.2) is 0 Å². The van der Waals surface area contributed by atoms with Crippen LogP contribution in [-0.2, 0) is 4.74 Å². The first-order chi connectivity index (χ1) is 9.57. The van der Waals surface area contributed by atoms with E-state index in [1.54, 1.807) is 0 Å². The summed E-state index contributed by atoms with van der Waals surface area (Å²) in [4.78, 5) is 0. The maximum Gasteiger partial charge on any atom is 0.0694 e. The number of hydrogen-bond donors (Lipinski definition) is 1. The SMILES string of the molecule is CCCCCCCCCCC1(O)CCOC(C(C)C)C1. The quantitative estimate of drug-likeness (QED) is 0.567. The smallest absolute Gasteiger partial charge is 0.0694 e. The topological polar surface area (TPSA) is 29.5 Å². The second kappa shape index (κ2) is 9.78. The molecule has 0 aromatic carbocycles. The molecular formula is C18H36O2. The second-order valence-corrected chi connectivity index (χ2v) is 7.06. The van der Waals surface area contributed by atoms with Crippen molar-refractivity contribution in [1.29, 1.82) is 0 Å². The minimum Gasteiger partial charge on any atom is -0.390 e. The third-order valence-electron chi connectivity index (χ3n) is 4.72. The van der Waals surface area contributed by atoms with Gasteiger partial charge in [0.2, 0.25) is 0 Å². The maximum atomic E-state index is 10.7. The molecule has 120 valence electrons. The van der Waals surface area contributed by atoms with Crippen molar-refractivity contribution < 1.29 is 9.84 Å². The maximum absolute atomic E-state index is 10.7. The van der Waals surface area contributed by atoms with Crippen LogP contribution in [0.2, 0.25) is 0 Å². The lowest BCUT2D eigenvalue weighted by molar-refractivity contribution is -0.120. The van der Waals surface area contributed by atoms with Crippen molar-refractivity contribution in [2.75, 3.05) is 6.61 Å². The first kappa shape index (κ1) is 18.0. The van der Waals surface area contributed by atoms with E-state index in [9.17, 15) is 5.11 Å². The predicted octanol–water partition coefficient (Wildman–Crippen LogP) is 5.08. The van der Waals surface area contributed by atoms with Gasteiger partial charge in [0, 0.05) is 13.0 Å². The Morgan fingerprint density at radius 2 is 1.65 bits per heavy atom. The van der Waals surface area contributed by atoms with Gasteiger partial charge in [-0.2, -0.15) is 0 Å². The molecule has 0 aliphatic carbocycles. The van der Waals surface area contributed by atoms with Crippen LogP contribution in [-0.4, -0.2) is 23.4 Å². The van der Waals surface area contributed by atoms with E-state index in [0.29, 0.717) is 5.92 Å². The van der Waals surface area contributed by atoms with Crippen LogP contribution < -0.4 is 0 Å². The van der Waals surface area contributed by atoms with Gasteiger partial charge in [0.05, 0.1) is 11.7 Å². The molecule has 1 N–H and O–H groups in total. The van der Waals surface area contributed by atoms with Gasteiger partial charge in [-0.3, -0.25) is 0 Å². The molecule has 1 aliphatic rings. The summed E-state index contributed by atoms with van der Waals surface area (Å²) in [5.41, 5.74) is -0.449. The molecule has 0 aromatic heterocycles. The van der Waals surface area contributed by atoms with Gasteiger partial charge in [0.1, 0.15) is 0 Å². The van der Waals surface area contributed by atoms with Crippen LogP contribution >= 0.6 is 0 Å². The summed E-state index contributed by atoms with van der Waals surface area (Å²) in [5.74, 6) is 0.514. The first-order valence-corrected chi connectivity index (χ1v) is 8.91. The van der Waals surface area contributed by atoms with E-state index in [1.165, 1.54) is 51.4 Å². The Morgan fingerprint density at radius 3 is 2.25 bits per heavy atom. The number of ether oxygens (including phenoxy) is 1. The fourth-order valence-corrected chi connectivity index (χ4v) is 3.18. The number of unbranched alkanes of at least 4 members (excludes halogenated alkanes) is 7. The molecule has 0 bridgehead atoms. The molecule has 0 radical (unpaired) electrons. The molecule has 1 saturated heterocycles. The second-order valence-electron chi connectivity index (χ2n) is 7.06. The molecule has 20 heavy (non-hydrogen) atoms. The molecule has 0 aromatic rings. The van der Waals surface area contributed by atoms with E-state index in [2.05, 4.69) is 20.8 Å². The summed E-state index contributed by atoms with van der Waals surface area (Å²) in [6.45, 7) is 7.37. The summed E-state index contributed by atoms with van der Waals surface area (Å²) in [6.07, 6.45) is 13.5. The summed E-state index contributed by atoms with van der Waals surface area (Å²) in [6, 6.07) is 0. The van der Waals surface area contributed by atoms with Crippen molar-refractivity contribution in [3.8, 4) is 0 Å². The third kappa shape index (κ3) is 7.08. The minimum absolute atomic E-state index is 0.253. The molecule has 2 unspecified atom stereocenters. The highest BCUT2D eigenvalue weighted by molar-refractivity contribution is 4.86. The highest BCUT2D eigenvalue weighted by atomic mass is 16.5. The highest BCUT2D eigenvalue weighted by Crippen LogP contribution is 2.32. The van der Waals surface area contributed by atoms with Gasteiger partial charge in [-0.1, -0.05) is 72.1 Å². The van der Waals surface area contributed by atoms with E-state index in [0.717, 1.165) is 25.9 Å². The third-order valence-corrected chi connectivity index (χ3v) is 4.72. The fraction of sp³-hybridized carbons (Fsp3) is 1.00. The molecule has 0 amide bonds. The van der Waals surface area contributed by atoms with Crippen LogP contribution in [0, 0.1) is 5.92 Å². The van der Waals surface area contributed by atoms with Gasteiger partial charge < -0.3 is 9.84 Å². The van der Waals surface area contributed by atoms with E-state index in [4.69, 9.17) is 4.74 Å². The largest absolute Gasteiger partial charge is 0.390 e. The van der Waals surface area contributed by atoms with Crippen molar-refractivity contribution in [2.45, 2.75) is 103 Å². The zero-order chi connectivity index (χ0) is 14.8. The van der Waals surface area contributed by atoms with Crippen molar-refractivity contribution >= 4 is 0 Å². The Balaban J connectivity index is 2.08. The van der Waals surface area contributed by atoms with E-state index in [-0.39, 0.29) is 6.10 Å². The molecule has 0 spiro atoms. The molecule has 2 heteroatoms.